The molecule has 0 heterocycles. The molecule has 0 atom stereocenters. The van der Waals surface area contributed by atoms with Crippen molar-refractivity contribution in [2.75, 3.05) is 158 Å². The van der Waals surface area contributed by atoms with Gasteiger partial charge in [0.15, 0.2) is 52.9 Å². The molecule has 1 aliphatic carbocycles. The summed E-state index contributed by atoms with van der Waals surface area (Å²) in [5, 5.41) is 0. The number of hydrogen-bond acceptors (Lipinski definition) is 16. The second-order valence-corrected chi connectivity index (χ2v) is 39.2. The fourth-order valence-electron chi connectivity index (χ4n) is 20.6. The van der Waals surface area contributed by atoms with E-state index in [9.17, 15) is 0 Å². The van der Waals surface area contributed by atoms with Gasteiger partial charge in [-0.05, 0) is 161 Å². The van der Waals surface area contributed by atoms with Crippen LogP contribution >= 0.6 is 0 Å². The van der Waals surface area contributed by atoms with E-state index in [4.69, 9.17) is 37.9 Å². The van der Waals surface area contributed by atoms with Gasteiger partial charge in [0, 0.05) is 197 Å². The van der Waals surface area contributed by atoms with Gasteiger partial charge in [0.05, 0.1) is 0 Å². The van der Waals surface area contributed by atoms with Gasteiger partial charge in [-0.15, -0.1) is 0 Å². The van der Waals surface area contributed by atoms with E-state index in [1.54, 1.807) is 39.2 Å². The summed E-state index contributed by atoms with van der Waals surface area (Å²) in [6.07, 6.45) is 39.0. The van der Waals surface area contributed by atoms with E-state index in [0.717, 1.165) is 154 Å². The highest BCUT2D eigenvalue weighted by molar-refractivity contribution is 5.82. The highest BCUT2D eigenvalue weighted by Crippen LogP contribution is 2.55. The summed E-state index contributed by atoms with van der Waals surface area (Å²) < 4.78 is 59.1. The van der Waals surface area contributed by atoms with Crippen LogP contribution in [0.4, 0.5) is 0 Å². The van der Waals surface area contributed by atoms with Gasteiger partial charge >= 0.3 is 0 Å². The summed E-state index contributed by atoms with van der Waals surface area (Å²) in [7, 11) is 0. The summed E-state index contributed by atoms with van der Waals surface area (Å²) in [5.74, 6) is -2.20. The number of benzene rings is 4. The molecule has 144 heavy (non-hydrogen) atoms. The van der Waals surface area contributed by atoms with Crippen LogP contribution < -0.4 is 37.9 Å². The van der Waals surface area contributed by atoms with Crippen molar-refractivity contribution in [1.82, 2.24) is 39.2 Å². The zero-order chi connectivity index (χ0) is 105. The average Bonchev–Trinajstić information content (AvgIpc) is 0.742. The molecule has 8 amide bonds. The lowest BCUT2D eigenvalue weighted by Crippen LogP contribution is -2.35. The molecule has 0 N–H and O–H groups in total. The number of unbranched alkanes of at least 4 members (excludes halogenated alkanes) is 32. The molecule has 0 spiro atoms. The van der Waals surface area contributed by atoms with Crippen molar-refractivity contribution in [2.45, 2.75) is 419 Å². The van der Waals surface area contributed by atoms with Crippen LogP contribution in [0.5, 0.6) is 46.0 Å². The maximum Gasteiger partial charge on any atom is 0.260 e. The summed E-state index contributed by atoms with van der Waals surface area (Å²) in [5.41, 5.74) is 5.41. The van der Waals surface area contributed by atoms with Gasteiger partial charge in [0.25, 0.3) is 47.3 Å². The van der Waals surface area contributed by atoms with Gasteiger partial charge in [-0.2, -0.15) is 0 Å². The second-order valence-electron chi connectivity index (χ2n) is 39.2. The number of amides is 8. The molecule has 1 aliphatic rings. The van der Waals surface area contributed by atoms with Gasteiger partial charge < -0.3 is 77.1 Å². The quantitative estimate of drug-likeness (QED) is 0.0374. The van der Waals surface area contributed by atoms with Crippen LogP contribution in [0.1, 0.15) is 463 Å². The average molecular weight is 2010 g/mol. The number of likely N-dealkylation sites (N-methyl/N-ethyl adjacent to an activating group) is 8. The lowest BCUT2D eigenvalue weighted by molar-refractivity contribution is -0.133. The lowest BCUT2D eigenvalue weighted by Gasteiger charge is -2.33. The molecule has 4 aromatic carbocycles. The van der Waals surface area contributed by atoms with E-state index < -0.39 is 23.7 Å². The number of carbonyl (C=O) groups is 8. The van der Waals surface area contributed by atoms with E-state index in [-0.39, 0.29) is 100 Å². The minimum Gasteiger partial charge on any atom is -0.483 e. The van der Waals surface area contributed by atoms with Crippen molar-refractivity contribution in [2.24, 2.45) is 0 Å². The Morgan fingerprint density at radius 3 is 0.368 bits per heavy atom. The third-order valence-electron chi connectivity index (χ3n) is 29.7. The Morgan fingerprint density at radius 1 is 0.160 bits per heavy atom. The Hall–Kier alpha value is -8.96. The molecule has 0 saturated heterocycles. The van der Waals surface area contributed by atoms with E-state index in [1.165, 1.54) is 51.4 Å². The van der Waals surface area contributed by atoms with Gasteiger partial charge in [-0.3, -0.25) is 38.4 Å². The van der Waals surface area contributed by atoms with Crippen LogP contribution in [0, 0.1) is 0 Å². The van der Waals surface area contributed by atoms with Crippen LogP contribution in [0.2, 0.25) is 0 Å². The van der Waals surface area contributed by atoms with Crippen molar-refractivity contribution in [3.63, 3.8) is 0 Å². The maximum absolute atomic E-state index is 15.2. The Kier molecular flexibility index (Phi) is 64.5. The number of nitrogens with zero attached hydrogens (tertiary/aromatic N) is 8. The molecule has 0 saturated carbocycles. The minimum absolute atomic E-state index is 0.238. The first-order chi connectivity index (χ1) is 70.0. The summed E-state index contributed by atoms with van der Waals surface area (Å²) in [4.78, 5) is 135. The van der Waals surface area contributed by atoms with Crippen molar-refractivity contribution in [3.8, 4) is 46.0 Å². The van der Waals surface area contributed by atoms with Crippen LogP contribution in [0.25, 0.3) is 0 Å². The highest BCUT2D eigenvalue weighted by Gasteiger charge is 2.38. The van der Waals surface area contributed by atoms with E-state index >= 15 is 38.4 Å². The van der Waals surface area contributed by atoms with Gasteiger partial charge in [-0.25, -0.2) is 0 Å². The normalized spacial score (nSPS) is 13.8. The summed E-state index contributed by atoms with van der Waals surface area (Å²) >= 11 is 0. The van der Waals surface area contributed by atoms with Crippen molar-refractivity contribution >= 4 is 47.3 Å². The Bertz CT molecular complexity index is 3540. The van der Waals surface area contributed by atoms with Crippen LogP contribution in [0.3, 0.4) is 0 Å². The van der Waals surface area contributed by atoms with E-state index in [0.29, 0.717) is 247 Å². The molecule has 0 unspecified atom stereocenters. The molecule has 5 rings (SSSR count). The molecule has 24 nitrogen and oxygen atoms in total. The fraction of sp³-hybridized carbons (Fsp3) is 0.733. The molecule has 0 aliphatic heterocycles. The Labute approximate surface area is 873 Å². The smallest absolute Gasteiger partial charge is 0.260 e. The number of fused-ring (bicyclic) bond motifs is 8. The minimum atomic E-state index is -0.730. The van der Waals surface area contributed by atoms with Crippen molar-refractivity contribution < 1.29 is 76.3 Å². The van der Waals surface area contributed by atoms with Crippen LogP contribution in [0.15, 0.2) is 48.5 Å². The standard InChI is InChI=1S/C120H200N8O16/c1-21-41-45-49-53-57-61-65-69-73-93-97-77-99(107(139-87-115(131)123(29-9)30-10)81-105(97)137-85-113(129)121(25-5)26-6)94(74-70-66-62-58-54-50-46-42-22-2)101-79-103(111(143-91-119(135)127(37-17)38-18)83-109(101)141-89-117(133)125(33-13)34-14)96(76-72-68-64-60-56-52-48-44-24-4)104-80-102(110(142-90-118(134)126(35-15)36-16)84-112(104)144-92-120(136)128(39-19)40-20)95(75-71-67-63-59-55-51-47-43-23-3)100-78-98(93)106(138-86-114(130)122(27-7)28-8)82-108(100)140-88-116(132)124(31-11)32-12/h77-84,93-96H,21-76,85-92H2,1-20H3. The topological polar surface area (TPSA) is 236 Å². The van der Waals surface area contributed by atoms with Crippen molar-refractivity contribution in [3.05, 3.63) is 93.0 Å². The first-order valence-corrected chi connectivity index (χ1v) is 58.0. The third-order valence-corrected chi connectivity index (χ3v) is 29.7. The largest absolute Gasteiger partial charge is 0.483 e. The predicted octanol–water partition coefficient (Wildman–Crippen LogP) is 26.2. The van der Waals surface area contributed by atoms with Crippen LogP contribution in [-0.4, -0.2) is 244 Å². The number of rotatable bonds is 80. The fourth-order valence-corrected chi connectivity index (χ4v) is 20.6. The Balaban J connectivity index is 2.48. The lowest BCUT2D eigenvalue weighted by atomic mass is 9.76. The number of hydrogen-bond donors (Lipinski definition) is 0. The molecule has 0 fully saturated rings. The molecular formula is C120H200N8O16. The van der Waals surface area contributed by atoms with Crippen LogP contribution in [-0.2, 0) is 38.4 Å². The van der Waals surface area contributed by atoms with Gasteiger partial charge in [0.2, 0.25) is 0 Å². The van der Waals surface area contributed by atoms with Crippen molar-refractivity contribution in [1.29, 1.82) is 0 Å². The molecule has 4 aromatic rings. The molecule has 8 bridgehead atoms. The summed E-state index contributed by atoms with van der Waals surface area (Å²) in [6, 6.07) is 16.4. The Morgan fingerprint density at radius 2 is 0.264 bits per heavy atom. The third kappa shape index (κ3) is 42.0. The van der Waals surface area contributed by atoms with Gasteiger partial charge in [0.1, 0.15) is 46.0 Å². The molecule has 24 heteroatoms. The molecule has 0 radical (unpaired) electrons. The highest BCUT2D eigenvalue weighted by atomic mass is 16.5. The molecular weight excluding hydrogens is 1810 g/mol. The number of ether oxygens (including phenoxy) is 8. The zero-order valence-corrected chi connectivity index (χ0v) is 94.3. The predicted molar refractivity (Wildman–Crippen MR) is 588 cm³/mol. The number of carbonyl (C=O) groups excluding carboxylic acids is 8. The summed E-state index contributed by atoms with van der Waals surface area (Å²) in [6.45, 7) is 44.2. The van der Waals surface area contributed by atoms with E-state index in [1.807, 2.05) is 135 Å². The molecule has 816 valence electrons. The zero-order valence-electron chi connectivity index (χ0n) is 94.3. The van der Waals surface area contributed by atoms with Gasteiger partial charge in [-0.1, -0.05) is 259 Å². The SMILES string of the molecule is CCCCCCCCCCCC1c2cc(c(OCC(=O)N(CC)CC)cc2OCC(=O)N(CC)CC)C(CCCCCCCCCCC)c2cc(c(OCC(=O)N(CC)CC)cc2OCC(=O)N(CC)CC)C(CCCCCCCCCCC)c2cc(c(OCC(=O)N(CC)CC)cc2OCC(=O)N(CC)CC)C(CCCCCCCCCCC)c2cc1c(OCC(=O)N(CC)CC)cc2OCC(=O)N(CC)CC. The monoisotopic (exact) mass is 2010 g/mol. The maximum atomic E-state index is 15.2. The molecule has 0 aromatic heterocycles. The first kappa shape index (κ1) is 126. The first-order valence-electron chi connectivity index (χ1n) is 58.0. The second kappa shape index (κ2) is 74.0. The van der Waals surface area contributed by atoms with E-state index in [2.05, 4.69) is 52.0 Å².